The molecular formula is C9H15N5O2. The summed E-state index contributed by atoms with van der Waals surface area (Å²) < 4.78 is 4.89. The van der Waals surface area contributed by atoms with Gasteiger partial charge in [0.2, 0.25) is 11.8 Å². The lowest BCUT2D eigenvalue weighted by atomic mass is 10.5. The van der Waals surface area contributed by atoms with Crippen molar-refractivity contribution in [2.45, 2.75) is 13.8 Å². The predicted octanol–water partition coefficient (Wildman–Crippen LogP) is -0.175. The molecule has 0 saturated carbocycles. The molecule has 1 aromatic rings. The molecule has 0 unspecified atom stereocenters. The van der Waals surface area contributed by atoms with E-state index in [0.29, 0.717) is 5.95 Å². The molecule has 0 bridgehead atoms. The number of carbonyl (C=O) groups excluding carboxylic acids is 1. The fourth-order valence-electron chi connectivity index (χ4n) is 1.20. The molecule has 0 saturated heterocycles. The van der Waals surface area contributed by atoms with E-state index in [4.69, 9.17) is 10.5 Å². The number of ether oxygens (including phenoxy) is 1. The minimum Gasteiger partial charge on any atom is -0.467 e. The van der Waals surface area contributed by atoms with E-state index in [1.54, 1.807) is 0 Å². The van der Waals surface area contributed by atoms with Crippen LogP contribution in [0.2, 0.25) is 0 Å². The zero-order chi connectivity index (χ0) is 12.1. The Morgan fingerprint density at radius 2 is 1.94 bits per heavy atom. The van der Waals surface area contributed by atoms with Gasteiger partial charge in [-0.2, -0.15) is 15.0 Å². The first-order valence-electron chi connectivity index (χ1n) is 4.97. The summed E-state index contributed by atoms with van der Waals surface area (Å²) >= 11 is 0. The number of anilines is 1. The van der Waals surface area contributed by atoms with Gasteiger partial charge in [-0.25, -0.2) is 0 Å². The highest BCUT2D eigenvalue weighted by Gasteiger charge is 2.14. The van der Waals surface area contributed by atoms with E-state index in [9.17, 15) is 4.79 Å². The van der Waals surface area contributed by atoms with Crippen LogP contribution in [0.15, 0.2) is 0 Å². The largest absolute Gasteiger partial charge is 0.467 e. The molecule has 0 atom stereocenters. The van der Waals surface area contributed by atoms with Gasteiger partial charge in [0.25, 0.3) is 5.91 Å². The van der Waals surface area contributed by atoms with Gasteiger partial charge < -0.3 is 15.4 Å². The molecule has 1 aromatic heterocycles. The zero-order valence-electron chi connectivity index (χ0n) is 9.60. The monoisotopic (exact) mass is 225 g/mol. The summed E-state index contributed by atoms with van der Waals surface area (Å²) in [5, 5.41) is 0. The van der Waals surface area contributed by atoms with Crippen LogP contribution in [0, 0.1) is 0 Å². The highest BCUT2D eigenvalue weighted by molar-refractivity contribution is 5.89. The third kappa shape index (κ3) is 2.56. The van der Waals surface area contributed by atoms with E-state index < -0.39 is 5.91 Å². The molecule has 1 heterocycles. The molecule has 0 radical (unpaired) electrons. The quantitative estimate of drug-likeness (QED) is 0.747. The number of primary amides is 1. The summed E-state index contributed by atoms with van der Waals surface area (Å²) in [6.07, 6.45) is 0. The normalized spacial score (nSPS) is 9.94. The van der Waals surface area contributed by atoms with Crippen molar-refractivity contribution in [3.8, 4) is 6.01 Å². The fraction of sp³-hybridized carbons (Fsp3) is 0.556. The van der Waals surface area contributed by atoms with Crippen LogP contribution in [0.4, 0.5) is 5.95 Å². The third-order valence-corrected chi connectivity index (χ3v) is 2.05. The number of hydrogen-bond acceptors (Lipinski definition) is 6. The van der Waals surface area contributed by atoms with Crippen LogP contribution in [0.25, 0.3) is 0 Å². The maximum atomic E-state index is 11.0. The highest BCUT2D eigenvalue weighted by Crippen LogP contribution is 2.11. The molecule has 7 nitrogen and oxygen atoms in total. The van der Waals surface area contributed by atoms with Crippen LogP contribution in [0.1, 0.15) is 24.5 Å². The Labute approximate surface area is 93.7 Å². The van der Waals surface area contributed by atoms with Crippen molar-refractivity contribution in [2.24, 2.45) is 5.73 Å². The summed E-state index contributed by atoms with van der Waals surface area (Å²) in [6.45, 7) is 5.37. The van der Waals surface area contributed by atoms with Crippen molar-refractivity contribution in [3.05, 3.63) is 5.82 Å². The molecule has 7 heteroatoms. The van der Waals surface area contributed by atoms with E-state index in [1.807, 2.05) is 18.7 Å². The number of nitrogens with zero attached hydrogens (tertiary/aromatic N) is 4. The molecule has 0 aliphatic rings. The lowest BCUT2D eigenvalue weighted by molar-refractivity contribution is 0.0989. The molecule has 16 heavy (non-hydrogen) atoms. The lowest BCUT2D eigenvalue weighted by Crippen LogP contribution is -2.26. The second kappa shape index (κ2) is 5.24. The van der Waals surface area contributed by atoms with Crippen molar-refractivity contribution in [1.29, 1.82) is 0 Å². The number of aromatic nitrogens is 3. The Morgan fingerprint density at radius 1 is 1.31 bits per heavy atom. The maximum Gasteiger partial charge on any atom is 0.321 e. The van der Waals surface area contributed by atoms with Gasteiger partial charge in [0.1, 0.15) is 0 Å². The molecular weight excluding hydrogens is 210 g/mol. The van der Waals surface area contributed by atoms with Crippen LogP contribution in [-0.2, 0) is 0 Å². The standard InChI is InChI=1S/C9H15N5O2/c1-4-14(5-2)8-11-7(6(10)15)12-9(13-8)16-3/h4-5H2,1-3H3,(H2,10,15). The fourth-order valence-corrected chi connectivity index (χ4v) is 1.20. The minimum atomic E-state index is -0.700. The highest BCUT2D eigenvalue weighted by atomic mass is 16.5. The van der Waals surface area contributed by atoms with E-state index >= 15 is 0 Å². The van der Waals surface area contributed by atoms with Crippen molar-refractivity contribution < 1.29 is 9.53 Å². The molecule has 2 N–H and O–H groups in total. The van der Waals surface area contributed by atoms with Gasteiger partial charge in [0.15, 0.2) is 0 Å². The Bertz CT molecular complexity index is 378. The first-order valence-corrected chi connectivity index (χ1v) is 4.97. The van der Waals surface area contributed by atoms with E-state index in [2.05, 4.69) is 15.0 Å². The lowest BCUT2D eigenvalue weighted by Gasteiger charge is -2.18. The number of amides is 1. The molecule has 1 rings (SSSR count). The number of nitrogens with two attached hydrogens (primary N) is 1. The SMILES string of the molecule is CCN(CC)c1nc(OC)nc(C(N)=O)n1. The van der Waals surface area contributed by atoms with Crippen LogP contribution in [-0.4, -0.2) is 41.1 Å². The third-order valence-electron chi connectivity index (χ3n) is 2.05. The molecule has 0 fully saturated rings. The second-order valence-corrected chi connectivity index (χ2v) is 2.98. The van der Waals surface area contributed by atoms with Crippen LogP contribution in [0.5, 0.6) is 6.01 Å². The summed E-state index contributed by atoms with van der Waals surface area (Å²) in [6, 6.07) is 0.0886. The summed E-state index contributed by atoms with van der Waals surface area (Å²) in [5.41, 5.74) is 5.12. The van der Waals surface area contributed by atoms with Crippen molar-refractivity contribution in [1.82, 2.24) is 15.0 Å². The van der Waals surface area contributed by atoms with Gasteiger partial charge in [-0.1, -0.05) is 0 Å². The van der Waals surface area contributed by atoms with E-state index in [0.717, 1.165) is 13.1 Å². The predicted molar refractivity (Wildman–Crippen MR) is 58.5 cm³/mol. The average Bonchev–Trinajstić information content (AvgIpc) is 2.30. The Hall–Kier alpha value is -1.92. The van der Waals surface area contributed by atoms with Gasteiger partial charge in [-0.15, -0.1) is 0 Å². The van der Waals surface area contributed by atoms with Crippen molar-refractivity contribution >= 4 is 11.9 Å². The second-order valence-electron chi connectivity index (χ2n) is 2.98. The molecule has 0 aliphatic heterocycles. The van der Waals surface area contributed by atoms with Crippen molar-refractivity contribution in [2.75, 3.05) is 25.1 Å². The first kappa shape index (κ1) is 12.2. The Balaban J connectivity index is 3.17. The Kier molecular flexibility index (Phi) is 3.98. The van der Waals surface area contributed by atoms with Crippen LogP contribution >= 0.6 is 0 Å². The van der Waals surface area contributed by atoms with Crippen LogP contribution in [0.3, 0.4) is 0 Å². The van der Waals surface area contributed by atoms with Gasteiger partial charge in [0.05, 0.1) is 7.11 Å². The molecule has 1 amide bonds. The molecule has 0 aliphatic carbocycles. The number of methoxy groups -OCH3 is 1. The minimum absolute atomic E-state index is 0.0886. The maximum absolute atomic E-state index is 11.0. The number of carbonyl (C=O) groups is 1. The summed E-state index contributed by atoms with van der Waals surface area (Å²) in [5.74, 6) is -0.395. The van der Waals surface area contributed by atoms with Gasteiger partial charge in [-0.3, -0.25) is 4.79 Å². The zero-order valence-corrected chi connectivity index (χ0v) is 9.60. The van der Waals surface area contributed by atoms with Crippen molar-refractivity contribution in [3.63, 3.8) is 0 Å². The van der Waals surface area contributed by atoms with E-state index in [-0.39, 0.29) is 11.8 Å². The number of hydrogen-bond donors (Lipinski definition) is 1. The topological polar surface area (TPSA) is 94.2 Å². The van der Waals surface area contributed by atoms with Gasteiger partial charge in [-0.05, 0) is 13.8 Å². The molecule has 0 aromatic carbocycles. The molecule has 0 spiro atoms. The van der Waals surface area contributed by atoms with Gasteiger partial charge in [0, 0.05) is 13.1 Å². The van der Waals surface area contributed by atoms with Crippen LogP contribution < -0.4 is 15.4 Å². The summed E-state index contributed by atoms with van der Waals surface area (Å²) in [4.78, 5) is 24.7. The smallest absolute Gasteiger partial charge is 0.321 e. The van der Waals surface area contributed by atoms with E-state index in [1.165, 1.54) is 7.11 Å². The Morgan fingerprint density at radius 3 is 2.38 bits per heavy atom. The number of rotatable bonds is 5. The first-order chi connectivity index (χ1) is 7.62. The molecule has 88 valence electrons. The van der Waals surface area contributed by atoms with Gasteiger partial charge >= 0.3 is 6.01 Å². The summed E-state index contributed by atoms with van der Waals surface area (Å²) in [7, 11) is 1.42. The average molecular weight is 225 g/mol.